The number of likely N-dealkylation sites (N-methyl/N-ethyl adjacent to an activating group) is 1. The van der Waals surface area contributed by atoms with Crippen LogP contribution in [0.15, 0.2) is 97.2 Å². The summed E-state index contributed by atoms with van der Waals surface area (Å²) in [7, 11) is 5.89. The number of nitrogens with zero attached hydrogens (tertiary/aromatic N) is 1. The van der Waals surface area contributed by atoms with Gasteiger partial charge in [0.05, 0.1) is 40.3 Å². The van der Waals surface area contributed by atoms with Gasteiger partial charge in [0.25, 0.3) is 0 Å². The van der Waals surface area contributed by atoms with E-state index in [2.05, 4.69) is 111 Å². The van der Waals surface area contributed by atoms with Crippen LogP contribution < -0.4 is 5.11 Å². The Hall–Kier alpha value is -3.79. The fraction of sp³-hybridized carbons (Fsp3) is 0.655. The Morgan fingerprint density at radius 3 is 1.34 bits per heavy atom. The Morgan fingerprint density at radius 2 is 0.891 bits per heavy atom. The molecule has 0 fully saturated rings. The van der Waals surface area contributed by atoms with Crippen molar-refractivity contribution in [2.75, 3.05) is 47.5 Å². The summed E-state index contributed by atoms with van der Waals surface area (Å²) in [6.07, 6.45) is 57.3. The Bertz CT molecular complexity index is 1370. The molecule has 2 atom stereocenters. The molecule has 0 bridgehead atoms. The van der Waals surface area contributed by atoms with E-state index in [4.69, 9.17) is 18.9 Å². The molecule has 0 aromatic carbocycles. The van der Waals surface area contributed by atoms with E-state index in [1.165, 1.54) is 19.3 Å². The van der Waals surface area contributed by atoms with Crippen LogP contribution in [0.4, 0.5) is 0 Å². The van der Waals surface area contributed by atoms with E-state index in [-0.39, 0.29) is 38.6 Å². The van der Waals surface area contributed by atoms with Gasteiger partial charge in [-0.3, -0.25) is 9.59 Å². The van der Waals surface area contributed by atoms with Crippen molar-refractivity contribution < 1.29 is 42.9 Å². The monoisotopic (exact) mass is 894 g/mol. The van der Waals surface area contributed by atoms with Crippen molar-refractivity contribution in [3.05, 3.63) is 97.2 Å². The van der Waals surface area contributed by atoms with Crippen LogP contribution >= 0.6 is 0 Å². The van der Waals surface area contributed by atoms with E-state index in [1.807, 2.05) is 21.1 Å². The molecule has 0 aliphatic heterocycles. The van der Waals surface area contributed by atoms with Crippen molar-refractivity contribution in [2.24, 2.45) is 0 Å². The molecule has 0 aromatic rings. The molecule has 0 rings (SSSR count). The molecule has 0 amide bonds. The molecular weight excluding hydrogens is 803 g/mol. The lowest BCUT2D eigenvalue weighted by atomic mass is 10.1. The van der Waals surface area contributed by atoms with Gasteiger partial charge in [-0.15, -0.1) is 0 Å². The van der Waals surface area contributed by atoms with Gasteiger partial charge < -0.3 is 33.3 Å². The highest BCUT2D eigenvalue weighted by molar-refractivity contribution is 5.70. The Labute approximate surface area is 391 Å². The molecule has 9 heteroatoms. The van der Waals surface area contributed by atoms with Gasteiger partial charge in [0.15, 0.2) is 12.4 Å². The summed E-state index contributed by atoms with van der Waals surface area (Å²) in [6.45, 7) is 4.54. The second kappa shape index (κ2) is 45.8. The van der Waals surface area contributed by atoms with E-state index in [0.29, 0.717) is 17.4 Å². The topological polar surface area (TPSA) is 111 Å². The maximum atomic E-state index is 12.8. The summed E-state index contributed by atoms with van der Waals surface area (Å²) in [5.41, 5.74) is 0. The van der Waals surface area contributed by atoms with Crippen LogP contribution in [0.25, 0.3) is 0 Å². The van der Waals surface area contributed by atoms with Crippen molar-refractivity contribution in [2.45, 2.75) is 187 Å². The highest BCUT2D eigenvalue weighted by Gasteiger charge is 2.21. The predicted molar refractivity (Wildman–Crippen MR) is 264 cm³/mol. The van der Waals surface area contributed by atoms with Gasteiger partial charge in [-0.2, -0.15) is 0 Å². The van der Waals surface area contributed by atoms with Crippen molar-refractivity contribution in [3.8, 4) is 0 Å². The number of esters is 2. The standard InChI is InChI=1S/C55H91NO8/c1-6-8-10-12-14-16-18-20-21-22-23-24-25-26-27-28-29-30-31-32-33-34-36-38-40-42-44-46-53(58)64-51(50-63-55(54(59)60)61-48-47-56(3,4)5)49-62-52(57)45-43-41-39-37-35-19-17-15-13-11-9-7-2/h8,10,14-17,20-21,23-24,26-27,29-30,32-33,51,55H,6-7,9,11-13,18-19,22,25,28,31,34-50H2,1-5H3/b10-8-,16-14-,17-15-,21-20-,24-23-,27-26-,30-29-,33-32-. The summed E-state index contributed by atoms with van der Waals surface area (Å²) in [5, 5.41) is 11.7. The van der Waals surface area contributed by atoms with Crippen LogP contribution in [-0.2, 0) is 33.3 Å². The fourth-order valence-electron chi connectivity index (χ4n) is 6.21. The van der Waals surface area contributed by atoms with E-state index >= 15 is 0 Å². The number of allylic oxidation sites excluding steroid dienone is 16. The molecule has 0 saturated carbocycles. The second-order valence-corrected chi connectivity index (χ2v) is 17.4. The largest absolute Gasteiger partial charge is 0.545 e. The van der Waals surface area contributed by atoms with Crippen LogP contribution in [0.3, 0.4) is 0 Å². The maximum Gasteiger partial charge on any atom is 0.306 e. The van der Waals surface area contributed by atoms with Gasteiger partial charge in [0.2, 0.25) is 0 Å². The minimum atomic E-state index is -1.63. The van der Waals surface area contributed by atoms with Gasteiger partial charge in [0.1, 0.15) is 13.2 Å². The number of carbonyl (C=O) groups is 3. The van der Waals surface area contributed by atoms with Gasteiger partial charge in [0, 0.05) is 12.8 Å². The molecule has 64 heavy (non-hydrogen) atoms. The molecule has 0 aliphatic carbocycles. The number of carboxylic acids is 1. The zero-order valence-electron chi connectivity index (χ0n) is 41.1. The average Bonchev–Trinajstić information content (AvgIpc) is 3.26. The van der Waals surface area contributed by atoms with E-state index in [9.17, 15) is 19.5 Å². The third-order valence-corrected chi connectivity index (χ3v) is 10.1. The molecule has 2 unspecified atom stereocenters. The highest BCUT2D eigenvalue weighted by atomic mass is 16.7. The van der Waals surface area contributed by atoms with Gasteiger partial charge in [-0.05, 0) is 96.3 Å². The normalized spacial score (nSPS) is 13.7. The summed E-state index contributed by atoms with van der Waals surface area (Å²) < 4.78 is 22.5. The minimum absolute atomic E-state index is 0.137. The molecule has 0 aliphatic rings. The first-order valence-corrected chi connectivity index (χ1v) is 24.9. The number of hydrogen-bond acceptors (Lipinski definition) is 8. The quantitative estimate of drug-likeness (QED) is 0.0195. The zero-order chi connectivity index (χ0) is 47.0. The number of hydrogen-bond donors (Lipinski definition) is 0. The molecule has 0 radical (unpaired) electrons. The lowest BCUT2D eigenvalue weighted by Crippen LogP contribution is -2.44. The lowest BCUT2D eigenvalue weighted by molar-refractivity contribution is -0.870. The summed E-state index contributed by atoms with van der Waals surface area (Å²) in [4.78, 5) is 37.0. The zero-order valence-corrected chi connectivity index (χ0v) is 41.1. The third-order valence-electron chi connectivity index (χ3n) is 10.1. The average molecular weight is 894 g/mol. The lowest BCUT2D eigenvalue weighted by Gasteiger charge is -2.26. The van der Waals surface area contributed by atoms with E-state index in [0.717, 1.165) is 122 Å². The van der Waals surface area contributed by atoms with Crippen LogP contribution in [0.2, 0.25) is 0 Å². The maximum absolute atomic E-state index is 12.8. The first kappa shape index (κ1) is 60.2. The second-order valence-electron chi connectivity index (χ2n) is 17.4. The van der Waals surface area contributed by atoms with Crippen molar-refractivity contribution in [1.82, 2.24) is 0 Å². The number of carbonyl (C=O) groups excluding carboxylic acids is 3. The van der Waals surface area contributed by atoms with Crippen molar-refractivity contribution in [3.63, 3.8) is 0 Å². The summed E-state index contributed by atoms with van der Waals surface area (Å²) in [6, 6.07) is 0. The van der Waals surface area contributed by atoms with E-state index < -0.39 is 24.3 Å². The number of quaternary nitrogens is 1. The Balaban J connectivity index is 4.39. The summed E-state index contributed by atoms with van der Waals surface area (Å²) in [5.74, 6) is -2.34. The highest BCUT2D eigenvalue weighted by Crippen LogP contribution is 2.12. The fourth-order valence-corrected chi connectivity index (χ4v) is 6.21. The predicted octanol–water partition coefficient (Wildman–Crippen LogP) is 12.5. The molecule has 364 valence electrons. The van der Waals surface area contributed by atoms with Crippen LogP contribution in [0.1, 0.15) is 174 Å². The van der Waals surface area contributed by atoms with Gasteiger partial charge in [-0.25, -0.2) is 0 Å². The number of aliphatic carboxylic acids is 1. The molecule has 0 N–H and O–H groups in total. The van der Waals surface area contributed by atoms with Crippen molar-refractivity contribution in [1.29, 1.82) is 0 Å². The third kappa shape index (κ3) is 46.2. The molecule has 0 spiro atoms. The van der Waals surface area contributed by atoms with Gasteiger partial charge >= 0.3 is 11.9 Å². The number of ether oxygens (including phenoxy) is 4. The van der Waals surface area contributed by atoms with Crippen LogP contribution in [0.5, 0.6) is 0 Å². The molecule has 0 saturated heterocycles. The number of rotatable bonds is 44. The molecule has 9 nitrogen and oxygen atoms in total. The minimum Gasteiger partial charge on any atom is -0.545 e. The van der Waals surface area contributed by atoms with Crippen molar-refractivity contribution >= 4 is 17.9 Å². The molecule has 0 heterocycles. The first-order chi connectivity index (χ1) is 31.1. The SMILES string of the molecule is CC/C=C\C/C=C\C/C=C\C/C=C\C/C=C\C/C=C\C/C=C\CCCCCCCC(=O)OC(COC(=O)CCCCCCC/C=C\CCCCC)COC(OCC[N+](C)(C)C)C(=O)[O-]. The first-order valence-electron chi connectivity index (χ1n) is 24.9. The smallest absolute Gasteiger partial charge is 0.306 e. The molecule has 0 aromatic heterocycles. The molecular formula is C55H91NO8. The number of carboxylic acid groups (broad SMARTS) is 1. The van der Waals surface area contributed by atoms with E-state index in [1.54, 1.807) is 0 Å². The Kier molecular flexibility index (Phi) is 43.1. The summed E-state index contributed by atoms with van der Waals surface area (Å²) >= 11 is 0. The van der Waals surface area contributed by atoms with Crippen LogP contribution in [0, 0.1) is 0 Å². The van der Waals surface area contributed by atoms with Gasteiger partial charge in [-0.1, -0.05) is 162 Å². The Morgan fingerprint density at radius 1 is 0.484 bits per heavy atom. The number of unbranched alkanes of at least 4 members (excludes halogenated alkanes) is 13. The van der Waals surface area contributed by atoms with Crippen LogP contribution in [-0.4, -0.2) is 82.3 Å².